The Labute approximate surface area is 203 Å². The van der Waals surface area contributed by atoms with Crippen molar-refractivity contribution in [1.29, 1.82) is 0 Å². The highest BCUT2D eigenvalue weighted by molar-refractivity contribution is 5.76. The normalized spacial score (nSPS) is 11.2. The third kappa shape index (κ3) is 27.5. The Morgan fingerprint density at radius 1 is 0.469 bits per heavy atom. The predicted molar refractivity (Wildman–Crippen MR) is 144 cm³/mol. The van der Waals surface area contributed by atoms with Gasteiger partial charge >= 0.3 is 0 Å². The molecule has 191 valence electrons. The molecular weight excluding hydrogens is 390 g/mol. The first-order chi connectivity index (χ1) is 15.8. The van der Waals surface area contributed by atoms with E-state index in [2.05, 4.69) is 19.2 Å². The Kier molecular flexibility index (Phi) is 28.0. The zero-order valence-electron chi connectivity index (χ0n) is 22.4. The second-order valence-electron chi connectivity index (χ2n) is 10.1. The monoisotopic (exact) mass is 450 g/mol. The number of carbonyl (C=O) groups excluding carboxylic acids is 1. The van der Waals surface area contributed by atoms with Crippen molar-refractivity contribution in [2.45, 2.75) is 181 Å². The molecule has 0 spiro atoms. The second-order valence-corrected chi connectivity index (χ2v) is 10.1. The number of hydrogen-bond donors (Lipinski definition) is 1. The number of nitrogens with one attached hydrogen (secondary N) is 1. The van der Waals surface area contributed by atoms with Gasteiger partial charge in [0.15, 0.2) is 0 Å². The van der Waals surface area contributed by atoms with E-state index in [-0.39, 0.29) is 5.91 Å². The summed E-state index contributed by atoms with van der Waals surface area (Å²) in [5.41, 5.74) is 0. The van der Waals surface area contributed by atoms with Crippen molar-refractivity contribution >= 4 is 5.91 Å². The minimum atomic E-state index is 0.218. The highest BCUT2D eigenvalue weighted by Crippen LogP contribution is 2.14. The quantitative estimate of drug-likeness (QED) is 0.124. The van der Waals surface area contributed by atoms with Gasteiger partial charge in [-0.15, -0.1) is 0 Å². The SMILES string of the molecule is CCCCCCCCCCCCCCC[CH]NC(=O)CCCCCCCCCCCCC. The van der Waals surface area contributed by atoms with E-state index in [0.29, 0.717) is 6.42 Å². The van der Waals surface area contributed by atoms with Crippen molar-refractivity contribution in [2.75, 3.05) is 0 Å². The van der Waals surface area contributed by atoms with Crippen LogP contribution < -0.4 is 5.32 Å². The zero-order valence-corrected chi connectivity index (χ0v) is 22.4. The van der Waals surface area contributed by atoms with Crippen molar-refractivity contribution < 1.29 is 4.79 Å². The van der Waals surface area contributed by atoms with E-state index < -0.39 is 0 Å². The average Bonchev–Trinajstić information content (AvgIpc) is 2.80. The molecular formula is C30H60NO. The van der Waals surface area contributed by atoms with Crippen LogP contribution >= 0.6 is 0 Å². The summed E-state index contributed by atoms with van der Waals surface area (Å²) < 4.78 is 0. The molecule has 2 nitrogen and oxygen atoms in total. The molecule has 32 heavy (non-hydrogen) atoms. The molecule has 0 aliphatic carbocycles. The summed E-state index contributed by atoms with van der Waals surface area (Å²) in [7, 11) is 0. The Balaban J connectivity index is 3.13. The minimum Gasteiger partial charge on any atom is -0.351 e. The topological polar surface area (TPSA) is 29.1 Å². The van der Waals surface area contributed by atoms with Gasteiger partial charge in [0.1, 0.15) is 0 Å². The Bertz CT molecular complexity index is 355. The van der Waals surface area contributed by atoms with Crippen molar-refractivity contribution in [1.82, 2.24) is 5.32 Å². The maximum Gasteiger partial charge on any atom is 0.220 e. The van der Waals surface area contributed by atoms with Gasteiger partial charge in [0.2, 0.25) is 5.91 Å². The first-order valence-corrected chi connectivity index (χ1v) is 14.9. The van der Waals surface area contributed by atoms with Crippen LogP contribution in [0.25, 0.3) is 0 Å². The van der Waals surface area contributed by atoms with Gasteiger partial charge in [0.25, 0.3) is 0 Å². The predicted octanol–water partition coefficient (Wildman–Crippen LogP) is 10.4. The third-order valence-electron chi connectivity index (χ3n) is 6.72. The van der Waals surface area contributed by atoms with Crippen LogP contribution in [0.4, 0.5) is 0 Å². The molecule has 0 bridgehead atoms. The molecule has 0 saturated carbocycles. The molecule has 0 heterocycles. The lowest BCUT2D eigenvalue weighted by Gasteiger charge is -2.06. The largest absolute Gasteiger partial charge is 0.351 e. The van der Waals surface area contributed by atoms with E-state index in [9.17, 15) is 4.79 Å². The number of unbranched alkanes of at least 4 members (excludes halogenated alkanes) is 23. The van der Waals surface area contributed by atoms with Crippen LogP contribution in [0.5, 0.6) is 0 Å². The van der Waals surface area contributed by atoms with E-state index >= 15 is 0 Å². The van der Waals surface area contributed by atoms with Gasteiger partial charge in [-0.3, -0.25) is 4.79 Å². The fraction of sp³-hybridized carbons (Fsp3) is 0.933. The summed E-state index contributed by atoms with van der Waals surface area (Å²) in [6.07, 6.45) is 34.5. The van der Waals surface area contributed by atoms with E-state index in [0.717, 1.165) is 12.8 Å². The smallest absolute Gasteiger partial charge is 0.220 e. The van der Waals surface area contributed by atoms with Crippen molar-refractivity contribution in [3.63, 3.8) is 0 Å². The summed E-state index contributed by atoms with van der Waals surface area (Å²) in [4.78, 5) is 11.9. The number of carbonyl (C=O) groups is 1. The molecule has 0 aromatic rings. The van der Waals surface area contributed by atoms with E-state index in [1.807, 2.05) is 6.54 Å². The molecule has 0 aliphatic heterocycles. The van der Waals surface area contributed by atoms with Crippen LogP contribution in [0.1, 0.15) is 181 Å². The summed E-state index contributed by atoms with van der Waals surface area (Å²) in [5, 5.41) is 3.00. The molecule has 1 radical (unpaired) electrons. The van der Waals surface area contributed by atoms with Gasteiger partial charge in [-0.2, -0.15) is 0 Å². The molecule has 0 fully saturated rings. The van der Waals surface area contributed by atoms with Crippen LogP contribution in [-0.4, -0.2) is 5.91 Å². The van der Waals surface area contributed by atoms with Gasteiger partial charge < -0.3 is 5.32 Å². The summed E-state index contributed by atoms with van der Waals surface area (Å²) in [6, 6.07) is 0. The molecule has 1 N–H and O–H groups in total. The highest BCUT2D eigenvalue weighted by atomic mass is 16.1. The minimum absolute atomic E-state index is 0.218. The molecule has 0 aliphatic rings. The molecule has 0 rings (SSSR count). The molecule has 0 aromatic heterocycles. The lowest BCUT2D eigenvalue weighted by Crippen LogP contribution is -2.19. The lowest BCUT2D eigenvalue weighted by molar-refractivity contribution is -0.120. The standard InChI is InChI=1S/C30H60NO/c1-3-5-7-9-11-13-15-16-17-19-21-23-25-27-29-31-30(32)28-26-24-22-20-18-14-12-10-8-6-4-2/h29H,3-28H2,1-2H3,(H,31,32). The van der Waals surface area contributed by atoms with Gasteiger partial charge in [-0.25, -0.2) is 0 Å². The van der Waals surface area contributed by atoms with Crippen LogP contribution in [-0.2, 0) is 4.79 Å². The van der Waals surface area contributed by atoms with Crippen LogP contribution in [0, 0.1) is 6.54 Å². The van der Waals surface area contributed by atoms with Crippen molar-refractivity contribution in [2.24, 2.45) is 0 Å². The summed E-state index contributed by atoms with van der Waals surface area (Å²) in [5.74, 6) is 0.218. The first kappa shape index (κ1) is 31.5. The fourth-order valence-electron chi connectivity index (χ4n) is 4.47. The van der Waals surface area contributed by atoms with Gasteiger partial charge in [-0.1, -0.05) is 162 Å². The molecule has 0 atom stereocenters. The average molecular weight is 451 g/mol. The lowest BCUT2D eigenvalue weighted by atomic mass is 10.0. The van der Waals surface area contributed by atoms with Gasteiger partial charge in [0.05, 0.1) is 0 Å². The fourth-order valence-corrected chi connectivity index (χ4v) is 4.47. The third-order valence-corrected chi connectivity index (χ3v) is 6.72. The summed E-state index contributed by atoms with van der Waals surface area (Å²) >= 11 is 0. The molecule has 0 unspecified atom stereocenters. The van der Waals surface area contributed by atoms with Crippen LogP contribution in [0.15, 0.2) is 0 Å². The van der Waals surface area contributed by atoms with Gasteiger partial charge in [-0.05, 0) is 12.8 Å². The highest BCUT2D eigenvalue weighted by Gasteiger charge is 2.01. The molecule has 2 heteroatoms. The maximum atomic E-state index is 11.9. The molecule has 0 aromatic carbocycles. The molecule has 1 amide bonds. The van der Waals surface area contributed by atoms with Crippen molar-refractivity contribution in [3.8, 4) is 0 Å². The summed E-state index contributed by atoms with van der Waals surface area (Å²) in [6.45, 7) is 6.56. The maximum absolute atomic E-state index is 11.9. The Morgan fingerprint density at radius 2 is 0.781 bits per heavy atom. The van der Waals surface area contributed by atoms with Crippen LogP contribution in [0.2, 0.25) is 0 Å². The van der Waals surface area contributed by atoms with Gasteiger partial charge in [0, 0.05) is 13.0 Å². The number of rotatable bonds is 27. The number of hydrogen-bond acceptors (Lipinski definition) is 1. The van der Waals surface area contributed by atoms with E-state index in [4.69, 9.17) is 0 Å². The van der Waals surface area contributed by atoms with Crippen LogP contribution in [0.3, 0.4) is 0 Å². The van der Waals surface area contributed by atoms with E-state index in [1.165, 1.54) is 148 Å². The van der Waals surface area contributed by atoms with Crippen molar-refractivity contribution in [3.05, 3.63) is 6.54 Å². The number of amides is 1. The Morgan fingerprint density at radius 3 is 1.16 bits per heavy atom. The first-order valence-electron chi connectivity index (χ1n) is 14.9. The Hall–Kier alpha value is -0.530. The zero-order chi connectivity index (χ0) is 23.4. The molecule has 0 saturated heterocycles. The second kappa shape index (κ2) is 28.5. The van der Waals surface area contributed by atoms with E-state index in [1.54, 1.807) is 0 Å².